The third kappa shape index (κ3) is 5.42. The number of alkyl halides is 2. The van der Waals surface area contributed by atoms with Crippen molar-refractivity contribution in [1.82, 2.24) is 1.74 Å². The van der Waals surface area contributed by atoms with E-state index in [0.29, 0.717) is 0 Å². The Morgan fingerprint density at radius 2 is 1.80 bits per heavy atom. The molecule has 3 heteroatoms. The fourth-order valence-corrected chi connectivity index (χ4v) is 0. The van der Waals surface area contributed by atoms with E-state index in [1.165, 1.54) is 0 Å². The molecule has 0 fully saturated rings. The number of hydrogen-bond donors (Lipinski definition) is 1. The summed E-state index contributed by atoms with van der Waals surface area (Å²) in [6, 6.07) is 0. The van der Waals surface area contributed by atoms with Gasteiger partial charge >= 0.3 is 54.6 Å². The van der Waals surface area contributed by atoms with Gasteiger partial charge in [0.15, 0.2) is 0 Å². The van der Waals surface area contributed by atoms with E-state index in [1.54, 1.807) is 0 Å². The van der Waals surface area contributed by atoms with Crippen molar-refractivity contribution in [1.29, 1.82) is 0 Å². The molecule has 0 unspecified atom stereocenters. The maximum atomic E-state index is 3.15. The van der Waals surface area contributed by atoms with Gasteiger partial charge in [-0.15, -0.1) is 0 Å². The SMILES string of the molecule is CI(C)NI. The second kappa shape index (κ2) is 3.60. The quantitative estimate of drug-likeness (QED) is 0.441. The molecule has 34 valence electrons. The molecule has 0 aromatic heterocycles. The number of nitrogens with one attached hydrogen (secondary N) is 1. The molecular formula is C2H7I2N. The third-order valence-electron chi connectivity index (χ3n) is 0.143. The standard InChI is InChI=1S/C2H7I2N/c1-4(2)5-3/h5H,1-2H3. The summed E-state index contributed by atoms with van der Waals surface area (Å²) in [5, 5.41) is 0. The van der Waals surface area contributed by atoms with Gasteiger partial charge in [0, 0.05) is 0 Å². The minimum absolute atomic E-state index is 0.545. The molecule has 0 bridgehead atoms. The van der Waals surface area contributed by atoms with E-state index in [-0.39, 0.29) is 0 Å². The topological polar surface area (TPSA) is 12.0 Å². The molecule has 0 amide bonds. The Morgan fingerprint density at radius 1 is 1.60 bits per heavy atom. The van der Waals surface area contributed by atoms with Crippen LogP contribution in [0.2, 0.25) is 0 Å². The van der Waals surface area contributed by atoms with E-state index < -0.39 is 20.1 Å². The van der Waals surface area contributed by atoms with Crippen LogP contribution in [0.4, 0.5) is 0 Å². The summed E-state index contributed by atoms with van der Waals surface area (Å²) in [5.74, 6) is 0. The third-order valence-corrected chi connectivity index (χ3v) is 6.43. The zero-order valence-corrected chi connectivity index (χ0v) is 7.57. The van der Waals surface area contributed by atoms with Crippen LogP contribution in [0.1, 0.15) is 0 Å². The molecule has 0 atom stereocenters. The summed E-state index contributed by atoms with van der Waals surface area (Å²) >= 11 is 1.65. The van der Waals surface area contributed by atoms with E-state index >= 15 is 0 Å². The van der Waals surface area contributed by atoms with Crippen molar-refractivity contribution >= 4 is 43.0 Å². The Balaban J connectivity index is 2.54. The monoisotopic (exact) mass is 299 g/mol. The normalized spacial score (nSPS) is 11.4. The molecule has 0 rings (SSSR count). The van der Waals surface area contributed by atoms with Crippen molar-refractivity contribution in [3.05, 3.63) is 0 Å². The first-order chi connectivity index (χ1) is 2.27. The van der Waals surface area contributed by atoms with E-state index in [1.807, 2.05) is 0 Å². The van der Waals surface area contributed by atoms with Gasteiger partial charge in [0.25, 0.3) is 0 Å². The predicted octanol–water partition coefficient (Wildman–Crippen LogP) is 1.61. The van der Waals surface area contributed by atoms with Crippen LogP contribution in [0, 0.1) is 0 Å². The van der Waals surface area contributed by atoms with Crippen molar-refractivity contribution in [3.63, 3.8) is 0 Å². The van der Waals surface area contributed by atoms with Gasteiger partial charge in [-0.25, -0.2) is 0 Å². The van der Waals surface area contributed by atoms with Crippen molar-refractivity contribution in [2.45, 2.75) is 0 Å². The first-order valence-electron chi connectivity index (χ1n) is 1.13. The summed E-state index contributed by atoms with van der Waals surface area (Å²) in [4.78, 5) is 4.52. The van der Waals surface area contributed by atoms with Gasteiger partial charge in [0.05, 0.1) is 0 Å². The predicted molar refractivity (Wildman–Crippen MR) is 43.0 cm³/mol. The van der Waals surface area contributed by atoms with Gasteiger partial charge in [-0.05, 0) is 0 Å². The molecule has 0 radical (unpaired) electrons. The van der Waals surface area contributed by atoms with Gasteiger partial charge in [-0.3, -0.25) is 0 Å². The van der Waals surface area contributed by atoms with Gasteiger partial charge in [-0.1, -0.05) is 0 Å². The Bertz CT molecular complexity index is 21.6. The molecule has 1 nitrogen and oxygen atoms in total. The first-order valence-corrected chi connectivity index (χ1v) is 7.61. The van der Waals surface area contributed by atoms with E-state index in [0.717, 1.165) is 0 Å². The number of rotatable bonds is 1. The average Bonchev–Trinajstić information content (AvgIpc) is 1.38. The summed E-state index contributed by atoms with van der Waals surface area (Å²) in [6.07, 6.45) is 0. The van der Waals surface area contributed by atoms with Gasteiger partial charge in [-0.2, -0.15) is 0 Å². The Hall–Kier alpha value is 1.42. The summed E-state index contributed by atoms with van der Waals surface area (Å²) in [7, 11) is 0. The Morgan fingerprint density at radius 3 is 1.80 bits per heavy atom. The van der Waals surface area contributed by atoms with E-state index in [4.69, 9.17) is 0 Å². The molecule has 1 N–H and O–H groups in total. The molecule has 0 saturated carbocycles. The molecule has 0 aliphatic rings. The average molecular weight is 299 g/mol. The van der Waals surface area contributed by atoms with E-state index in [2.05, 4.69) is 34.5 Å². The summed E-state index contributed by atoms with van der Waals surface area (Å²) in [5.41, 5.74) is 0. The molecular weight excluding hydrogens is 292 g/mol. The van der Waals surface area contributed by atoms with Crippen molar-refractivity contribution in [2.75, 3.05) is 9.86 Å². The number of halogens is 2. The van der Waals surface area contributed by atoms with Gasteiger partial charge in [0.1, 0.15) is 0 Å². The fraction of sp³-hybridized carbons (Fsp3) is 1.00. The van der Waals surface area contributed by atoms with Crippen LogP contribution < -0.4 is 1.74 Å². The van der Waals surface area contributed by atoms with Crippen LogP contribution in [0.25, 0.3) is 0 Å². The van der Waals surface area contributed by atoms with Gasteiger partial charge in [0.2, 0.25) is 0 Å². The van der Waals surface area contributed by atoms with Crippen LogP contribution in [-0.2, 0) is 0 Å². The summed E-state index contributed by atoms with van der Waals surface area (Å²) in [6.45, 7) is 0. The van der Waals surface area contributed by atoms with Crippen LogP contribution >= 0.6 is 43.0 Å². The molecule has 0 aromatic rings. The molecule has 0 spiro atoms. The molecule has 0 heterocycles. The van der Waals surface area contributed by atoms with Crippen molar-refractivity contribution < 1.29 is 0 Å². The zero-order chi connectivity index (χ0) is 4.28. The van der Waals surface area contributed by atoms with Crippen molar-refractivity contribution in [2.24, 2.45) is 0 Å². The molecule has 0 aliphatic heterocycles. The Labute approximate surface area is 54.1 Å². The minimum atomic E-state index is -0.545. The molecule has 0 aromatic carbocycles. The molecule has 5 heavy (non-hydrogen) atoms. The Kier molecular flexibility index (Phi) is 4.63. The first kappa shape index (κ1) is 6.42. The van der Waals surface area contributed by atoms with Crippen LogP contribution in [0.3, 0.4) is 0 Å². The second-order valence-electron chi connectivity index (χ2n) is 0.827. The van der Waals surface area contributed by atoms with E-state index in [9.17, 15) is 0 Å². The van der Waals surface area contributed by atoms with Crippen LogP contribution in [0.15, 0.2) is 0 Å². The second-order valence-corrected chi connectivity index (χ2v) is 8.29. The van der Waals surface area contributed by atoms with Gasteiger partial charge < -0.3 is 0 Å². The zero-order valence-electron chi connectivity index (χ0n) is 3.26. The van der Waals surface area contributed by atoms with Crippen LogP contribution in [0.5, 0.6) is 0 Å². The molecule has 0 aliphatic carbocycles. The maximum absolute atomic E-state index is 3.15. The van der Waals surface area contributed by atoms with Crippen LogP contribution in [-0.4, -0.2) is 9.86 Å². The fourth-order valence-electron chi connectivity index (χ4n) is 0. The van der Waals surface area contributed by atoms with Crippen molar-refractivity contribution in [3.8, 4) is 0 Å². The summed E-state index contributed by atoms with van der Waals surface area (Å²) < 4.78 is 3.15. The molecule has 0 saturated heterocycles. The number of hydrogen-bond acceptors (Lipinski definition) is 1.